The number of ether oxygens (including phenoxy) is 1. The minimum atomic E-state index is 0.651. The fraction of sp³-hybridized carbons (Fsp3) is 0.588. The molecule has 0 amide bonds. The van der Waals surface area contributed by atoms with Crippen molar-refractivity contribution in [2.45, 2.75) is 45.5 Å². The number of nitrogens with zero attached hydrogens (tertiary/aromatic N) is 3. The summed E-state index contributed by atoms with van der Waals surface area (Å²) in [6, 6.07) is 2.04. The second-order valence-electron chi connectivity index (χ2n) is 6.49. The van der Waals surface area contributed by atoms with E-state index in [2.05, 4.69) is 14.5 Å². The zero-order valence-electron chi connectivity index (χ0n) is 12.9. The van der Waals surface area contributed by atoms with E-state index < -0.39 is 0 Å². The summed E-state index contributed by atoms with van der Waals surface area (Å²) in [4.78, 5) is 7.05. The van der Waals surface area contributed by atoms with Crippen LogP contribution in [0.5, 0.6) is 0 Å². The van der Waals surface area contributed by atoms with E-state index >= 15 is 0 Å². The van der Waals surface area contributed by atoms with Crippen molar-refractivity contribution < 1.29 is 9.15 Å². The molecule has 22 heavy (non-hydrogen) atoms. The van der Waals surface area contributed by atoms with Crippen LogP contribution in [0.2, 0.25) is 0 Å². The van der Waals surface area contributed by atoms with E-state index in [4.69, 9.17) is 9.15 Å². The monoisotopic (exact) mass is 301 g/mol. The fourth-order valence-corrected chi connectivity index (χ4v) is 3.08. The lowest BCUT2D eigenvalue weighted by atomic mass is 10.2. The molecule has 1 aliphatic heterocycles. The molecule has 0 spiro atoms. The van der Waals surface area contributed by atoms with Crippen LogP contribution < -0.4 is 0 Å². The van der Waals surface area contributed by atoms with E-state index in [-0.39, 0.29) is 0 Å². The molecule has 4 rings (SSSR count). The van der Waals surface area contributed by atoms with Crippen LogP contribution in [-0.4, -0.2) is 27.6 Å². The average molecular weight is 301 g/mol. The molecular formula is C17H23N3O2. The zero-order valence-corrected chi connectivity index (χ0v) is 12.9. The Morgan fingerprint density at radius 1 is 1.32 bits per heavy atom. The molecule has 0 radical (unpaired) electrons. The molecule has 3 heterocycles. The average Bonchev–Trinajstić information content (AvgIpc) is 3.13. The Morgan fingerprint density at radius 3 is 3.09 bits per heavy atom. The second-order valence-corrected chi connectivity index (χ2v) is 6.49. The van der Waals surface area contributed by atoms with E-state index in [0.29, 0.717) is 6.61 Å². The second kappa shape index (κ2) is 6.26. The van der Waals surface area contributed by atoms with Crippen LogP contribution in [0.25, 0.3) is 0 Å². The number of hydrogen-bond acceptors (Lipinski definition) is 4. The van der Waals surface area contributed by atoms with Crippen molar-refractivity contribution in [2.24, 2.45) is 5.92 Å². The van der Waals surface area contributed by atoms with Crippen LogP contribution in [0.4, 0.5) is 0 Å². The fourth-order valence-electron chi connectivity index (χ4n) is 3.08. The van der Waals surface area contributed by atoms with E-state index in [1.165, 1.54) is 24.1 Å². The van der Waals surface area contributed by atoms with Crippen molar-refractivity contribution in [3.8, 4) is 0 Å². The van der Waals surface area contributed by atoms with Crippen LogP contribution >= 0.6 is 0 Å². The smallest absolute Gasteiger partial charge is 0.0953 e. The highest BCUT2D eigenvalue weighted by atomic mass is 16.5. The first kappa shape index (κ1) is 14.0. The maximum absolute atomic E-state index is 5.84. The van der Waals surface area contributed by atoms with Crippen LogP contribution in [0, 0.1) is 5.92 Å². The van der Waals surface area contributed by atoms with Crippen molar-refractivity contribution in [3.63, 3.8) is 0 Å². The SMILES string of the molecule is c1cc(CN2CCCn3cnc(COCC4CC4)c3C2)co1. The number of imidazole rings is 1. The predicted octanol–water partition coefficient (Wildman–Crippen LogP) is 2.81. The Balaban J connectivity index is 1.42. The van der Waals surface area contributed by atoms with E-state index in [1.807, 2.05) is 18.7 Å². The van der Waals surface area contributed by atoms with E-state index in [0.717, 1.165) is 50.8 Å². The minimum Gasteiger partial charge on any atom is -0.472 e. The molecular weight excluding hydrogens is 278 g/mol. The van der Waals surface area contributed by atoms with Gasteiger partial charge in [-0.2, -0.15) is 0 Å². The van der Waals surface area contributed by atoms with Crippen molar-refractivity contribution in [3.05, 3.63) is 41.9 Å². The van der Waals surface area contributed by atoms with Gasteiger partial charge in [0, 0.05) is 38.3 Å². The molecule has 2 aromatic heterocycles. The van der Waals surface area contributed by atoms with Gasteiger partial charge in [-0.3, -0.25) is 4.90 Å². The number of rotatable bonds is 6. The highest BCUT2D eigenvalue weighted by molar-refractivity contribution is 5.14. The van der Waals surface area contributed by atoms with Crippen molar-refractivity contribution in [1.29, 1.82) is 0 Å². The summed E-state index contributed by atoms with van der Waals surface area (Å²) in [7, 11) is 0. The Bertz CT molecular complexity index is 601. The Morgan fingerprint density at radius 2 is 2.27 bits per heavy atom. The maximum atomic E-state index is 5.84. The van der Waals surface area contributed by atoms with Crippen LogP contribution in [0.15, 0.2) is 29.3 Å². The largest absolute Gasteiger partial charge is 0.472 e. The van der Waals surface area contributed by atoms with Crippen molar-refractivity contribution in [1.82, 2.24) is 14.5 Å². The topological polar surface area (TPSA) is 43.4 Å². The molecule has 5 nitrogen and oxygen atoms in total. The van der Waals surface area contributed by atoms with Gasteiger partial charge in [0.2, 0.25) is 0 Å². The summed E-state index contributed by atoms with van der Waals surface area (Å²) in [5.74, 6) is 0.804. The van der Waals surface area contributed by atoms with Crippen LogP contribution in [0.3, 0.4) is 0 Å². The van der Waals surface area contributed by atoms with Gasteiger partial charge in [-0.15, -0.1) is 0 Å². The molecule has 0 atom stereocenters. The highest BCUT2D eigenvalue weighted by Gasteiger charge is 2.23. The summed E-state index contributed by atoms with van der Waals surface area (Å²) < 4.78 is 13.3. The highest BCUT2D eigenvalue weighted by Crippen LogP contribution is 2.29. The zero-order chi connectivity index (χ0) is 14.8. The number of fused-ring (bicyclic) bond motifs is 1. The Kier molecular flexibility index (Phi) is 3.99. The van der Waals surface area contributed by atoms with Gasteiger partial charge in [0.15, 0.2) is 0 Å². The van der Waals surface area contributed by atoms with E-state index in [1.54, 1.807) is 6.26 Å². The van der Waals surface area contributed by atoms with Gasteiger partial charge in [0.25, 0.3) is 0 Å². The maximum Gasteiger partial charge on any atom is 0.0953 e. The molecule has 0 bridgehead atoms. The van der Waals surface area contributed by atoms with Gasteiger partial charge in [0.1, 0.15) is 0 Å². The number of hydrogen-bond donors (Lipinski definition) is 0. The summed E-state index contributed by atoms with van der Waals surface area (Å²) in [6.07, 6.45) is 9.38. The molecule has 118 valence electrons. The first-order valence-electron chi connectivity index (χ1n) is 8.22. The lowest BCUT2D eigenvalue weighted by molar-refractivity contribution is 0.107. The molecule has 0 unspecified atom stereocenters. The predicted molar refractivity (Wildman–Crippen MR) is 82.0 cm³/mol. The normalized spacial score (nSPS) is 19.1. The third-order valence-corrected chi connectivity index (χ3v) is 4.56. The molecule has 1 fully saturated rings. The third-order valence-electron chi connectivity index (χ3n) is 4.56. The lowest BCUT2D eigenvalue weighted by Crippen LogP contribution is -2.23. The summed E-state index contributed by atoms with van der Waals surface area (Å²) >= 11 is 0. The standard InChI is InChI=1S/C17H23N3O2/c1-5-19(8-15-4-7-21-11-15)9-17-16(18-13-20(17)6-1)12-22-10-14-2-3-14/h4,7,11,13-14H,1-3,5-6,8-10,12H2. The molecule has 2 aliphatic rings. The Labute approximate surface area is 130 Å². The molecule has 5 heteroatoms. The molecule has 1 aliphatic carbocycles. The van der Waals surface area contributed by atoms with Gasteiger partial charge in [-0.25, -0.2) is 4.98 Å². The van der Waals surface area contributed by atoms with Gasteiger partial charge in [-0.1, -0.05) is 0 Å². The molecule has 0 saturated heterocycles. The molecule has 0 aromatic carbocycles. The molecule has 2 aromatic rings. The first-order chi connectivity index (χ1) is 10.9. The first-order valence-corrected chi connectivity index (χ1v) is 8.22. The number of aromatic nitrogens is 2. The summed E-state index contributed by atoms with van der Waals surface area (Å²) in [5.41, 5.74) is 3.66. The third kappa shape index (κ3) is 3.25. The van der Waals surface area contributed by atoms with Gasteiger partial charge in [-0.05, 0) is 31.2 Å². The van der Waals surface area contributed by atoms with Crippen LogP contribution in [0.1, 0.15) is 36.2 Å². The molecule has 0 N–H and O–H groups in total. The van der Waals surface area contributed by atoms with Crippen LogP contribution in [-0.2, 0) is 31.0 Å². The van der Waals surface area contributed by atoms with E-state index in [9.17, 15) is 0 Å². The Hall–Kier alpha value is -1.59. The van der Waals surface area contributed by atoms with Crippen molar-refractivity contribution >= 4 is 0 Å². The quantitative estimate of drug-likeness (QED) is 0.823. The lowest BCUT2D eigenvalue weighted by Gasteiger charge is -2.19. The van der Waals surface area contributed by atoms with Gasteiger partial charge >= 0.3 is 0 Å². The summed E-state index contributed by atoms with van der Waals surface area (Å²) in [5, 5.41) is 0. The molecule has 1 saturated carbocycles. The summed E-state index contributed by atoms with van der Waals surface area (Å²) in [6.45, 7) is 5.57. The number of furan rings is 1. The number of aryl methyl sites for hydroxylation is 1. The van der Waals surface area contributed by atoms with Crippen molar-refractivity contribution in [2.75, 3.05) is 13.2 Å². The minimum absolute atomic E-state index is 0.651. The van der Waals surface area contributed by atoms with Gasteiger partial charge in [0.05, 0.1) is 36.8 Å². The van der Waals surface area contributed by atoms with Gasteiger partial charge < -0.3 is 13.7 Å².